The number of carbonyl (C=O) groups is 2. The molecule has 1 aliphatic heterocycles. The molecule has 1 spiro atoms. The van der Waals surface area contributed by atoms with Gasteiger partial charge in [0.2, 0.25) is 5.91 Å². The van der Waals surface area contributed by atoms with Gasteiger partial charge in [0.05, 0.1) is 6.04 Å². The number of nitrogens with two attached hydrogens (primary N) is 1. The first-order valence-corrected chi connectivity index (χ1v) is 5.26. The molecule has 0 saturated heterocycles. The minimum atomic E-state index is -0.877. The maximum absolute atomic E-state index is 11.9. The molecule has 1 aliphatic carbocycles. The molecule has 15 heavy (non-hydrogen) atoms. The third-order valence-corrected chi connectivity index (χ3v) is 3.20. The standard InChI is InChI=1S/C10H15N3O2/c1-6(11)7-12-8(14)10(9(15)13-7)4-2-3-5-10/h6H,2-5,11H2,1H3,(H,12,13,14,15). The van der Waals surface area contributed by atoms with Crippen molar-refractivity contribution in [2.75, 3.05) is 0 Å². The van der Waals surface area contributed by atoms with Crippen molar-refractivity contribution in [3.8, 4) is 0 Å². The van der Waals surface area contributed by atoms with Gasteiger partial charge < -0.3 is 11.1 Å². The summed E-state index contributed by atoms with van der Waals surface area (Å²) < 4.78 is 0. The smallest absolute Gasteiger partial charge is 0.263 e. The molecule has 1 atom stereocenters. The molecule has 5 nitrogen and oxygen atoms in total. The number of hydrogen-bond donors (Lipinski definition) is 2. The maximum atomic E-state index is 11.9. The zero-order chi connectivity index (χ0) is 11.1. The van der Waals surface area contributed by atoms with Crippen molar-refractivity contribution in [2.45, 2.75) is 38.6 Å². The summed E-state index contributed by atoms with van der Waals surface area (Å²) >= 11 is 0. The molecule has 1 unspecified atom stereocenters. The van der Waals surface area contributed by atoms with Crippen LogP contribution in [0.25, 0.3) is 0 Å². The van der Waals surface area contributed by atoms with Gasteiger partial charge in [0.25, 0.3) is 5.91 Å². The number of amidine groups is 1. The molecule has 0 aromatic rings. The molecule has 0 aromatic heterocycles. The Morgan fingerprint density at radius 3 is 2.47 bits per heavy atom. The van der Waals surface area contributed by atoms with Gasteiger partial charge in [-0.3, -0.25) is 9.59 Å². The van der Waals surface area contributed by atoms with Crippen molar-refractivity contribution < 1.29 is 9.59 Å². The van der Waals surface area contributed by atoms with E-state index in [1.165, 1.54) is 0 Å². The van der Waals surface area contributed by atoms with Gasteiger partial charge >= 0.3 is 0 Å². The third-order valence-electron chi connectivity index (χ3n) is 3.20. The lowest BCUT2D eigenvalue weighted by Crippen LogP contribution is -2.55. The van der Waals surface area contributed by atoms with E-state index >= 15 is 0 Å². The van der Waals surface area contributed by atoms with Crippen LogP contribution in [0.2, 0.25) is 0 Å². The van der Waals surface area contributed by atoms with Gasteiger partial charge in [0, 0.05) is 0 Å². The number of nitrogens with one attached hydrogen (secondary N) is 1. The highest BCUT2D eigenvalue weighted by Gasteiger charge is 2.50. The Balaban J connectivity index is 2.32. The van der Waals surface area contributed by atoms with Crippen molar-refractivity contribution in [1.29, 1.82) is 0 Å². The molecule has 2 rings (SSSR count). The van der Waals surface area contributed by atoms with Crippen LogP contribution < -0.4 is 11.1 Å². The molecular formula is C10H15N3O2. The third kappa shape index (κ3) is 1.47. The Kier molecular flexibility index (Phi) is 2.34. The molecule has 82 valence electrons. The van der Waals surface area contributed by atoms with Crippen LogP contribution in [0.15, 0.2) is 4.99 Å². The number of carbonyl (C=O) groups excluding carboxylic acids is 2. The van der Waals surface area contributed by atoms with Crippen molar-refractivity contribution in [3.05, 3.63) is 0 Å². The molecule has 1 fully saturated rings. The van der Waals surface area contributed by atoms with E-state index in [2.05, 4.69) is 10.3 Å². The maximum Gasteiger partial charge on any atom is 0.263 e. The van der Waals surface area contributed by atoms with E-state index in [0.717, 1.165) is 12.8 Å². The van der Waals surface area contributed by atoms with Crippen molar-refractivity contribution in [2.24, 2.45) is 16.1 Å². The average Bonchev–Trinajstić information content (AvgIpc) is 2.64. The first-order chi connectivity index (χ1) is 7.06. The predicted molar refractivity (Wildman–Crippen MR) is 55.1 cm³/mol. The molecule has 1 heterocycles. The quantitative estimate of drug-likeness (QED) is 0.594. The summed E-state index contributed by atoms with van der Waals surface area (Å²) in [6, 6.07) is -0.406. The lowest BCUT2D eigenvalue weighted by Gasteiger charge is -2.29. The minimum Gasteiger partial charge on any atom is -0.322 e. The molecule has 2 amide bonds. The highest BCUT2D eigenvalue weighted by Crippen LogP contribution is 2.40. The van der Waals surface area contributed by atoms with E-state index in [1.54, 1.807) is 6.92 Å². The number of nitrogens with zero attached hydrogens (tertiary/aromatic N) is 1. The van der Waals surface area contributed by atoms with E-state index in [9.17, 15) is 9.59 Å². The van der Waals surface area contributed by atoms with Crippen LogP contribution in [0.5, 0.6) is 0 Å². The lowest BCUT2D eigenvalue weighted by atomic mass is 9.83. The molecular weight excluding hydrogens is 194 g/mol. The van der Waals surface area contributed by atoms with E-state index < -0.39 is 11.5 Å². The monoisotopic (exact) mass is 209 g/mol. The molecule has 0 radical (unpaired) electrons. The normalized spacial score (nSPS) is 26.4. The second kappa shape index (κ2) is 3.41. The molecule has 0 aromatic carbocycles. The highest BCUT2D eigenvalue weighted by molar-refractivity contribution is 6.19. The molecule has 3 N–H and O–H groups in total. The van der Waals surface area contributed by atoms with E-state index in [4.69, 9.17) is 5.73 Å². The average molecular weight is 209 g/mol. The lowest BCUT2D eigenvalue weighted by molar-refractivity contribution is -0.141. The SMILES string of the molecule is CC(N)C1=NC(=O)C2(CCCC2)C(=O)N1. The predicted octanol–water partition coefficient (Wildman–Crippen LogP) is -0.0511. The summed E-state index contributed by atoms with van der Waals surface area (Å²) in [6.45, 7) is 1.69. The zero-order valence-electron chi connectivity index (χ0n) is 8.75. The van der Waals surface area contributed by atoms with Crippen LogP contribution >= 0.6 is 0 Å². The first kappa shape index (κ1) is 10.3. The minimum absolute atomic E-state index is 0.215. The fourth-order valence-corrected chi connectivity index (χ4v) is 2.21. The fraction of sp³-hybridized carbons (Fsp3) is 0.700. The van der Waals surface area contributed by atoms with Crippen molar-refractivity contribution in [3.63, 3.8) is 0 Å². The topological polar surface area (TPSA) is 84.5 Å². The van der Waals surface area contributed by atoms with Crippen LogP contribution in [-0.2, 0) is 9.59 Å². The van der Waals surface area contributed by atoms with Crippen LogP contribution in [0.1, 0.15) is 32.6 Å². The van der Waals surface area contributed by atoms with Crippen LogP contribution in [-0.4, -0.2) is 23.7 Å². The Morgan fingerprint density at radius 1 is 1.40 bits per heavy atom. The summed E-state index contributed by atoms with van der Waals surface area (Å²) in [7, 11) is 0. The van der Waals surface area contributed by atoms with Gasteiger partial charge in [-0.1, -0.05) is 12.8 Å². The van der Waals surface area contributed by atoms with Gasteiger partial charge in [-0.25, -0.2) is 0 Å². The largest absolute Gasteiger partial charge is 0.322 e. The van der Waals surface area contributed by atoms with Gasteiger partial charge in [-0.2, -0.15) is 4.99 Å². The molecule has 2 aliphatic rings. The Morgan fingerprint density at radius 2 is 2.00 bits per heavy atom. The van der Waals surface area contributed by atoms with Crippen LogP contribution in [0.4, 0.5) is 0 Å². The van der Waals surface area contributed by atoms with Crippen LogP contribution in [0.3, 0.4) is 0 Å². The summed E-state index contributed by atoms with van der Waals surface area (Å²) in [5.41, 5.74) is 4.70. The van der Waals surface area contributed by atoms with Gasteiger partial charge in [-0.15, -0.1) is 0 Å². The summed E-state index contributed by atoms with van der Waals surface area (Å²) in [5, 5.41) is 2.64. The van der Waals surface area contributed by atoms with Gasteiger partial charge in [0.15, 0.2) is 0 Å². The van der Waals surface area contributed by atoms with Gasteiger partial charge in [0.1, 0.15) is 11.3 Å². The second-order valence-electron chi connectivity index (χ2n) is 4.33. The number of rotatable bonds is 1. The number of hydrogen-bond acceptors (Lipinski definition) is 3. The summed E-state index contributed by atoms with van der Waals surface area (Å²) in [5.74, 6) is -0.231. The number of amides is 2. The van der Waals surface area contributed by atoms with Crippen molar-refractivity contribution >= 4 is 17.6 Å². The molecule has 5 heteroatoms. The Labute approximate surface area is 88.1 Å². The Bertz CT molecular complexity index is 341. The second-order valence-corrected chi connectivity index (χ2v) is 4.33. The fourth-order valence-electron chi connectivity index (χ4n) is 2.21. The molecule has 0 bridgehead atoms. The highest BCUT2D eigenvalue weighted by atomic mass is 16.2. The number of aliphatic imine (C=N–C) groups is 1. The van der Waals surface area contributed by atoms with Crippen LogP contribution in [0, 0.1) is 5.41 Å². The van der Waals surface area contributed by atoms with E-state index in [0.29, 0.717) is 18.7 Å². The Hall–Kier alpha value is -1.23. The zero-order valence-corrected chi connectivity index (χ0v) is 8.75. The van der Waals surface area contributed by atoms with E-state index in [-0.39, 0.29) is 11.8 Å². The summed E-state index contributed by atoms with van der Waals surface area (Å²) in [4.78, 5) is 27.6. The van der Waals surface area contributed by atoms with Gasteiger partial charge in [-0.05, 0) is 19.8 Å². The molecule has 1 saturated carbocycles. The van der Waals surface area contributed by atoms with E-state index in [1.807, 2.05) is 0 Å². The summed E-state index contributed by atoms with van der Waals surface area (Å²) in [6.07, 6.45) is 3.07. The van der Waals surface area contributed by atoms with Crippen molar-refractivity contribution in [1.82, 2.24) is 5.32 Å². The first-order valence-electron chi connectivity index (χ1n) is 5.26.